The zero-order valence-electron chi connectivity index (χ0n) is 20.0. The predicted octanol–water partition coefficient (Wildman–Crippen LogP) is 4.79. The lowest BCUT2D eigenvalue weighted by Gasteiger charge is -2.28. The lowest BCUT2D eigenvalue weighted by molar-refractivity contribution is -0.144. The molecule has 1 aromatic heterocycles. The van der Waals surface area contributed by atoms with E-state index in [-0.39, 0.29) is 35.0 Å². The Morgan fingerprint density at radius 3 is 2.57 bits per heavy atom. The number of amides is 1. The number of carboxylic acid groups (broad SMARTS) is 1. The average molecular weight is 510 g/mol. The van der Waals surface area contributed by atoms with Gasteiger partial charge in [-0.05, 0) is 80.2 Å². The number of fused-ring (bicyclic) bond motifs is 3. The second-order valence-electron chi connectivity index (χ2n) is 10.5. The van der Waals surface area contributed by atoms with Gasteiger partial charge in [-0.1, -0.05) is 12.1 Å². The highest BCUT2D eigenvalue weighted by atomic mass is 19.1. The Bertz CT molecular complexity index is 1400. The van der Waals surface area contributed by atoms with Crippen LogP contribution in [0.25, 0.3) is 5.69 Å². The Morgan fingerprint density at radius 2 is 1.81 bits per heavy atom. The molecule has 3 aromatic rings. The smallest absolute Gasteiger partial charge is 0.308 e. The Labute approximate surface area is 211 Å². The van der Waals surface area contributed by atoms with E-state index in [2.05, 4.69) is 10.4 Å². The first-order valence-electron chi connectivity index (χ1n) is 12.7. The number of nitrogens with one attached hydrogen (secondary N) is 1. The van der Waals surface area contributed by atoms with Gasteiger partial charge in [0, 0.05) is 23.6 Å². The van der Waals surface area contributed by atoms with E-state index in [0.717, 1.165) is 37.0 Å². The van der Waals surface area contributed by atoms with Crippen LogP contribution in [0.15, 0.2) is 42.5 Å². The van der Waals surface area contributed by atoms with Crippen molar-refractivity contribution < 1.29 is 27.9 Å². The van der Waals surface area contributed by atoms with Gasteiger partial charge in [0.1, 0.15) is 17.3 Å². The molecular formula is C28H26F3N3O3. The maximum Gasteiger partial charge on any atom is 0.308 e. The molecule has 0 spiro atoms. The number of rotatable bonds is 6. The van der Waals surface area contributed by atoms with Gasteiger partial charge in [0.25, 0.3) is 5.91 Å². The second kappa shape index (κ2) is 9.04. The van der Waals surface area contributed by atoms with Crippen LogP contribution in [-0.2, 0) is 17.6 Å². The molecule has 6 nitrogen and oxygen atoms in total. The fraction of sp³-hybridized carbons (Fsp3) is 0.393. The van der Waals surface area contributed by atoms with Crippen molar-refractivity contribution in [3.05, 3.63) is 82.4 Å². The van der Waals surface area contributed by atoms with E-state index >= 15 is 0 Å². The number of hydrogen-bond donors (Lipinski definition) is 2. The number of carbonyl (C=O) groups is 2. The van der Waals surface area contributed by atoms with Crippen molar-refractivity contribution in [1.82, 2.24) is 15.1 Å². The summed E-state index contributed by atoms with van der Waals surface area (Å²) in [6, 6.07) is 8.97. The van der Waals surface area contributed by atoms with Crippen LogP contribution in [0.3, 0.4) is 0 Å². The summed E-state index contributed by atoms with van der Waals surface area (Å²) in [7, 11) is 0. The number of nitrogens with zero attached hydrogens (tertiary/aromatic N) is 2. The van der Waals surface area contributed by atoms with E-state index in [1.54, 1.807) is 6.07 Å². The summed E-state index contributed by atoms with van der Waals surface area (Å²) < 4.78 is 43.7. The van der Waals surface area contributed by atoms with Gasteiger partial charge >= 0.3 is 5.97 Å². The Hall–Kier alpha value is -3.62. The van der Waals surface area contributed by atoms with Gasteiger partial charge in [0.2, 0.25) is 0 Å². The molecule has 2 bridgehead atoms. The fourth-order valence-electron chi connectivity index (χ4n) is 6.82. The maximum atomic E-state index is 14.9. The van der Waals surface area contributed by atoms with Gasteiger partial charge in [-0.3, -0.25) is 9.59 Å². The van der Waals surface area contributed by atoms with E-state index in [0.29, 0.717) is 30.5 Å². The van der Waals surface area contributed by atoms with Crippen LogP contribution < -0.4 is 5.32 Å². The number of hydrogen-bond acceptors (Lipinski definition) is 3. The third-order valence-electron chi connectivity index (χ3n) is 8.38. The van der Waals surface area contributed by atoms with Crippen LogP contribution in [0.5, 0.6) is 0 Å². The Kier molecular flexibility index (Phi) is 5.81. The van der Waals surface area contributed by atoms with Crippen molar-refractivity contribution in [1.29, 1.82) is 0 Å². The molecule has 2 fully saturated rings. The van der Waals surface area contributed by atoms with Crippen LogP contribution in [-0.4, -0.2) is 32.8 Å². The minimum Gasteiger partial charge on any atom is -0.481 e. The standard InChI is InChI=1S/C28H26F3N3O3/c29-18-3-1-2-14(11-18)10-17-6-8-20-25(33-34(26(17)20)22-9-7-19(30)13-21(22)31)27(35)32-24-16-5-4-15(12-16)23(24)28(36)37/h1-3,7,9,11,13,15-17,23-24H,4-6,8,10,12H2,(H,32,35)(H,36,37)/t15?,16?,17?,23-,24+/m0/s1. The van der Waals surface area contributed by atoms with Crippen molar-refractivity contribution >= 4 is 11.9 Å². The minimum atomic E-state index is -0.906. The first kappa shape index (κ1) is 23.8. The van der Waals surface area contributed by atoms with Crippen LogP contribution in [0.4, 0.5) is 13.2 Å². The molecule has 192 valence electrons. The lowest BCUT2D eigenvalue weighted by Crippen LogP contribution is -2.47. The van der Waals surface area contributed by atoms with E-state index < -0.39 is 35.5 Å². The first-order valence-corrected chi connectivity index (χ1v) is 12.7. The molecule has 0 aliphatic heterocycles. The van der Waals surface area contributed by atoms with Crippen molar-refractivity contribution in [2.45, 2.75) is 50.5 Å². The largest absolute Gasteiger partial charge is 0.481 e. The quantitative estimate of drug-likeness (QED) is 0.501. The van der Waals surface area contributed by atoms with Crippen molar-refractivity contribution in [3.8, 4) is 5.69 Å². The molecule has 5 atom stereocenters. The fourth-order valence-corrected chi connectivity index (χ4v) is 6.82. The van der Waals surface area contributed by atoms with Gasteiger partial charge in [-0.25, -0.2) is 17.9 Å². The van der Waals surface area contributed by atoms with Crippen molar-refractivity contribution in [2.24, 2.45) is 17.8 Å². The van der Waals surface area contributed by atoms with E-state index in [1.165, 1.54) is 22.9 Å². The van der Waals surface area contributed by atoms with Gasteiger partial charge in [-0.2, -0.15) is 5.10 Å². The molecule has 0 radical (unpaired) electrons. The number of aliphatic carboxylic acids is 1. The molecular weight excluding hydrogens is 483 g/mol. The van der Waals surface area contributed by atoms with Crippen LogP contribution in [0, 0.1) is 35.2 Å². The molecule has 1 amide bonds. The molecule has 2 N–H and O–H groups in total. The summed E-state index contributed by atoms with van der Waals surface area (Å²) in [5.74, 6) is -3.90. The molecule has 3 aliphatic rings. The van der Waals surface area contributed by atoms with Gasteiger partial charge in [0.15, 0.2) is 11.5 Å². The number of aromatic nitrogens is 2. The molecule has 2 aromatic carbocycles. The molecule has 3 unspecified atom stereocenters. The lowest BCUT2D eigenvalue weighted by atomic mass is 9.84. The van der Waals surface area contributed by atoms with E-state index in [1.807, 2.05) is 6.07 Å². The highest BCUT2D eigenvalue weighted by Crippen LogP contribution is 2.49. The minimum absolute atomic E-state index is 0.0196. The SMILES string of the molecule is O=C(N[C@@H]1C2CCC(C2)[C@@H]1C(=O)O)c1nn(-c2ccc(F)cc2F)c2c1CCC2Cc1cccc(F)c1. The Balaban J connectivity index is 1.38. The van der Waals surface area contributed by atoms with Gasteiger partial charge in [0.05, 0.1) is 11.6 Å². The zero-order valence-corrected chi connectivity index (χ0v) is 20.0. The maximum absolute atomic E-state index is 14.9. The van der Waals surface area contributed by atoms with Crippen LogP contribution in [0.1, 0.15) is 58.9 Å². The molecule has 1 heterocycles. The predicted molar refractivity (Wildman–Crippen MR) is 128 cm³/mol. The van der Waals surface area contributed by atoms with Gasteiger partial charge < -0.3 is 10.4 Å². The molecule has 3 aliphatic carbocycles. The number of carbonyl (C=O) groups excluding carboxylic acids is 1. The highest BCUT2D eigenvalue weighted by Gasteiger charge is 2.52. The van der Waals surface area contributed by atoms with E-state index in [4.69, 9.17) is 0 Å². The molecule has 37 heavy (non-hydrogen) atoms. The second-order valence-corrected chi connectivity index (χ2v) is 10.5. The Morgan fingerprint density at radius 1 is 1.03 bits per heavy atom. The van der Waals surface area contributed by atoms with Crippen molar-refractivity contribution in [2.75, 3.05) is 0 Å². The molecule has 0 saturated heterocycles. The van der Waals surface area contributed by atoms with E-state index in [9.17, 15) is 27.9 Å². The summed E-state index contributed by atoms with van der Waals surface area (Å²) in [5, 5.41) is 17.2. The average Bonchev–Trinajstić information content (AvgIpc) is 3.61. The zero-order chi connectivity index (χ0) is 25.8. The monoisotopic (exact) mass is 509 g/mol. The summed E-state index contributed by atoms with van der Waals surface area (Å²) in [5.41, 5.74) is 2.22. The number of carboxylic acids is 1. The summed E-state index contributed by atoms with van der Waals surface area (Å²) >= 11 is 0. The van der Waals surface area contributed by atoms with Crippen LogP contribution in [0.2, 0.25) is 0 Å². The highest BCUT2D eigenvalue weighted by molar-refractivity contribution is 5.95. The molecule has 9 heteroatoms. The third-order valence-corrected chi connectivity index (χ3v) is 8.38. The molecule has 2 saturated carbocycles. The first-order chi connectivity index (χ1) is 17.8. The number of benzene rings is 2. The normalized spacial score (nSPS) is 25.9. The van der Waals surface area contributed by atoms with Gasteiger partial charge in [-0.15, -0.1) is 0 Å². The molecule has 6 rings (SSSR count). The summed E-state index contributed by atoms with van der Waals surface area (Å²) in [4.78, 5) is 25.4. The summed E-state index contributed by atoms with van der Waals surface area (Å²) in [6.45, 7) is 0. The topological polar surface area (TPSA) is 84.2 Å². The van der Waals surface area contributed by atoms with Crippen molar-refractivity contribution in [3.63, 3.8) is 0 Å². The van der Waals surface area contributed by atoms with Crippen LogP contribution >= 0.6 is 0 Å². The number of halogens is 3. The summed E-state index contributed by atoms with van der Waals surface area (Å²) in [6.07, 6.45) is 4.14. The third kappa shape index (κ3) is 4.10.